The van der Waals surface area contributed by atoms with Crippen molar-refractivity contribution in [3.05, 3.63) is 16.8 Å². The maximum Gasteiger partial charge on any atom is 0.435 e. The van der Waals surface area contributed by atoms with Crippen LogP contribution in [0, 0.1) is 6.92 Å². The van der Waals surface area contributed by atoms with Crippen LogP contribution in [0.25, 0.3) is 0 Å². The number of nitrogens with two attached hydrogens (primary N) is 1. The van der Waals surface area contributed by atoms with Crippen molar-refractivity contribution in [3.8, 4) is 0 Å². The quantitative estimate of drug-likeness (QED) is 0.639. The molecule has 130 valence electrons. The van der Waals surface area contributed by atoms with Gasteiger partial charge in [0.15, 0.2) is 11.5 Å². The molecule has 1 aromatic heterocycles. The molecule has 2 heterocycles. The Morgan fingerprint density at radius 3 is 2.43 bits per heavy atom. The molecule has 0 radical (unpaired) electrons. The van der Waals surface area contributed by atoms with Crippen LogP contribution in [-0.2, 0) is 6.18 Å². The maximum absolute atomic E-state index is 13.4. The fraction of sp³-hybridized carbons (Fsp3) is 0.692. The van der Waals surface area contributed by atoms with Gasteiger partial charge in [-0.2, -0.15) is 13.2 Å². The first kappa shape index (κ1) is 17.8. The lowest BCUT2D eigenvalue weighted by Gasteiger charge is -2.26. The number of aliphatic hydroxyl groups is 1. The summed E-state index contributed by atoms with van der Waals surface area (Å²) >= 11 is 0. The van der Waals surface area contributed by atoms with Gasteiger partial charge in [-0.15, -0.1) is 10.2 Å². The average Bonchev–Trinajstić information content (AvgIpc) is 2.57. The van der Waals surface area contributed by atoms with Gasteiger partial charge in [-0.3, -0.25) is 0 Å². The highest BCUT2D eigenvalue weighted by Gasteiger charge is 2.39. The Labute approximate surface area is 129 Å². The molecule has 1 unspecified atom stereocenters. The van der Waals surface area contributed by atoms with Gasteiger partial charge < -0.3 is 15.7 Å². The highest BCUT2D eigenvalue weighted by atomic mass is 19.4. The summed E-state index contributed by atoms with van der Waals surface area (Å²) in [5, 5.41) is 16.3. The summed E-state index contributed by atoms with van der Waals surface area (Å²) in [6.45, 7) is 1.19. The number of hydrogen-bond donors (Lipinski definition) is 2. The molecule has 1 fully saturated rings. The molecule has 1 aromatic rings. The Balaban J connectivity index is 2.45. The maximum atomic E-state index is 13.4. The standard InChI is InChI=1S/C13H17F5N4O/c1-7-8(10(19)23)11(21-20-9(7)13(16,17)18)22-5-2-3-12(14,15)4-6-22/h10,23H,2-6,19H2,1H3. The molecule has 0 saturated carbocycles. The average molecular weight is 340 g/mol. The van der Waals surface area contributed by atoms with Gasteiger partial charge in [0.25, 0.3) is 0 Å². The molecule has 0 aliphatic carbocycles. The van der Waals surface area contributed by atoms with E-state index < -0.39 is 30.4 Å². The van der Waals surface area contributed by atoms with Gasteiger partial charge in [-0.25, -0.2) is 8.78 Å². The Morgan fingerprint density at radius 2 is 1.87 bits per heavy atom. The molecule has 1 aliphatic heterocycles. The smallest absolute Gasteiger partial charge is 0.374 e. The largest absolute Gasteiger partial charge is 0.435 e. The van der Waals surface area contributed by atoms with E-state index in [2.05, 4.69) is 10.2 Å². The minimum atomic E-state index is -4.74. The molecule has 0 bridgehead atoms. The van der Waals surface area contributed by atoms with Crippen LogP contribution in [0.4, 0.5) is 27.8 Å². The van der Waals surface area contributed by atoms with Gasteiger partial charge in [-0.05, 0) is 18.9 Å². The molecule has 3 N–H and O–H groups in total. The van der Waals surface area contributed by atoms with Crippen molar-refractivity contribution in [2.24, 2.45) is 5.73 Å². The predicted molar refractivity (Wildman–Crippen MR) is 71.9 cm³/mol. The second-order valence-corrected chi connectivity index (χ2v) is 5.55. The summed E-state index contributed by atoms with van der Waals surface area (Å²) in [6, 6.07) is 0. The molecule has 1 aliphatic rings. The van der Waals surface area contributed by atoms with Crippen LogP contribution < -0.4 is 10.6 Å². The topological polar surface area (TPSA) is 75.3 Å². The van der Waals surface area contributed by atoms with Gasteiger partial charge in [-0.1, -0.05) is 0 Å². The molecule has 0 spiro atoms. The SMILES string of the molecule is Cc1c(C(F)(F)F)nnc(N2CCCC(F)(F)CC2)c1C(N)O. The second kappa shape index (κ2) is 6.16. The Hall–Kier alpha value is -1.55. The highest BCUT2D eigenvalue weighted by molar-refractivity contribution is 5.52. The Morgan fingerprint density at radius 1 is 1.22 bits per heavy atom. The highest BCUT2D eigenvalue weighted by Crippen LogP contribution is 2.36. The van der Waals surface area contributed by atoms with Gasteiger partial charge in [0.2, 0.25) is 5.92 Å². The number of aliphatic hydroxyl groups excluding tert-OH is 1. The van der Waals surface area contributed by atoms with Crippen LogP contribution in [0.15, 0.2) is 0 Å². The molecular weight excluding hydrogens is 323 g/mol. The lowest BCUT2D eigenvalue weighted by molar-refractivity contribution is -0.142. The van der Waals surface area contributed by atoms with Crippen LogP contribution in [0.5, 0.6) is 0 Å². The van der Waals surface area contributed by atoms with Crippen molar-refractivity contribution in [1.29, 1.82) is 0 Å². The number of hydrogen-bond acceptors (Lipinski definition) is 5. The van der Waals surface area contributed by atoms with Gasteiger partial charge in [0, 0.05) is 31.5 Å². The fourth-order valence-electron chi connectivity index (χ4n) is 2.65. The van der Waals surface area contributed by atoms with E-state index >= 15 is 0 Å². The van der Waals surface area contributed by atoms with Crippen molar-refractivity contribution in [2.75, 3.05) is 18.0 Å². The summed E-state index contributed by atoms with van der Waals surface area (Å²) in [7, 11) is 0. The summed E-state index contributed by atoms with van der Waals surface area (Å²) in [5.41, 5.74) is 3.53. The molecule has 1 saturated heterocycles. The molecule has 1 atom stereocenters. The molecule has 0 aromatic carbocycles. The van der Waals surface area contributed by atoms with E-state index in [1.165, 1.54) is 4.90 Å². The normalized spacial score (nSPS) is 20.3. The van der Waals surface area contributed by atoms with E-state index in [-0.39, 0.29) is 42.9 Å². The van der Waals surface area contributed by atoms with Gasteiger partial charge in [0.1, 0.15) is 6.23 Å². The molecule has 0 amide bonds. The lowest BCUT2D eigenvalue weighted by atomic mass is 10.1. The molecule has 10 heteroatoms. The first-order chi connectivity index (χ1) is 10.5. The van der Waals surface area contributed by atoms with E-state index in [0.29, 0.717) is 0 Å². The predicted octanol–water partition coefficient (Wildman–Crippen LogP) is 2.38. The summed E-state index contributed by atoms with van der Waals surface area (Å²) in [6.07, 6.45) is -7.07. The van der Waals surface area contributed by atoms with Crippen molar-refractivity contribution in [1.82, 2.24) is 10.2 Å². The minimum Gasteiger partial charge on any atom is -0.374 e. The van der Waals surface area contributed by atoms with E-state index in [0.717, 1.165) is 6.92 Å². The van der Waals surface area contributed by atoms with E-state index in [1.807, 2.05) is 0 Å². The number of rotatable bonds is 2. The van der Waals surface area contributed by atoms with E-state index in [9.17, 15) is 27.1 Å². The summed E-state index contributed by atoms with van der Waals surface area (Å²) in [4.78, 5) is 1.40. The minimum absolute atomic E-state index is 0.0804. The molecular formula is C13H17F5N4O. The third kappa shape index (κ3) is 3.86. The molecule has 2 rings (SSSR count). The van der Waals surface area contributed by atoms with Crippen LogP contribution in [0.2, 0.25) is 0 Å². The zero-order chi connectivity index (χ0) is 17.4. The zero-order valence-electron chi connectivity index (χ0n) is 12.4. The van der Waals surface area contributed by atoms with E-state index in [1.54, 1.807) is 0 Å². The van der Waals surface area contributed by atoms with Gasteiger partial charge in [0.05, 0.1) is 0 Å². The number of alkyl halides is 5. The summed E-state index contributed by atoms with van der Waals surface area (Å²) in [5.74, 6) is -2.91. The number of aromatic nitrogens is 2. The van der Waals surface area contributed by atoms with Crippen molar-refractivity contribution in [3.63, 3.8) is 0 Å². The number of anilines is 1. The first-order valence-corrected chi connectivity index (χ1v) is 7.04. The zero-order valence-corrected chi connectivity index (χ0v) is 12.4. The van der Waals surface area contributed by atoms with Crippen molar-refractivity contribution < 1.29 is 27.1 Å². The lowest BCUT2D eigenvalue weighted by Crippen LogP contribution is -2.31. The van der Waals surface area contributed by atoms with Crippen LogP contribution in [-0.4, -0.2) is 34.3 Å². The molecule has 23 heavy (non-hydrogen) atoms. The summed E-state index contributed by atoms with van der Waals surface area (Å²) < 4.78 is 65.5. The van der Waals surface area contributed by atoms with Crippen LogP contribution in [0.3, 0.4) is 0 Å². The monoisotopic (exact) mass is 340 g/mol. The van der Waals surface area contributed by atoms with Crippen LogP contribution in [0.1, 0.15) is 42.3 Å². The fourth-order valence-corrected chi connectivity index (χ4v) is 2.65. The van der Waals surface area contributed by atoms with Crippen LogP contribution >= 0.6 is 0 Å². The van der Waals surface area contributed by atoms with Gasteiger partial charge >= 0.3 is 6.18 Å². The molecule has 5 nitrogen and oxygen atoms in total. The second-order valence-electron chi connectivity index (χ2n) is 5.55. The Kier molecular flexibility index (Phi) is 4.76. The number of nitrogens with zero attached hydrogens (tertiary/aromatic N) is 3. The third-order valence-electron chi connectivity index (χ3n) is 3.83. The third-order valence-corrected chi connectivity index (χ3v) is 3.83. The first-order valence-electron chi connectivity index (χ1n) is 7.04. The van der Waals surface area contributed by atoms with Crippen molar-refractivity contribution in [2.45, 2.75) is 44.5 Å². The van der Waals surface area contributed by atoms with Crippen molar-refractivity contribution >= 4 is 5.82 Å². The van der Waals surface area contributed by atoms with E-state index in [4.69, 9.17) is 5.73 Å². The number of halogens is 5. The Bertz CT molecular complexity index is 576.